The predicted molar refractivity (Wildman–Crippen MR) is 180 cm³/mol. The van der Waals surface area contributed by atoms with Gasteiger partial charge in [0.05, 0.1) is 18.6 Å². The van der Waals surface area contributed by atoms with Crippen molar-refractivity contribution < 1.29 is 28.5 Å². The predicted octanol–water partition coefficient (Wildman–Crippen LogP) is 9.05. The van der Waals surface area contributed by atoms with Gasteiger partial charge in [-0.1, -0.05) is 92.2 Å². The molecule has 0 aromatic rings. The summed E-state index contributed by atoms with van der Waals surface area (Å²) < 4.78 is 23.8. The summed E-state index contributed by atoms with van der Waals surface area (Å²) in [5, 5.41) is 0. The SMILES string of the molecule is CCCCCCCCOCOC(=O)[C@]12CC[C@@H](C)[C@H](C)C1C1=CCC3[C@@]4(C)CC(=O)[C@@H]5OCOC[C@@]5(C)C4CC[C@@]3(C)[C@]1(C)CC2. The Morgan fingerprint density at radius 3 is 2.48 bits per heavy atom. The Balaban J connectivity index is 1.23. The minimum atomic E-state index is -0.469. The molecule has 0 bridgehead atoms. The van der Waals surface area contributed by atoms with Crippen LogP contribution in [-0.2, 0) is 28.5 Å². The summed E-state index contributed by atoms with van der Waals surface area (Å²) in [5.41, 5.74) is 0.723. The number of esters is 1. The minimum absolute atomic E-state index is 0.0156. The first-order chi connectivity index (χ1) is 21.9. The third kappa shape index (κ3) is 5.20. The number of hydrogen-bond donors (Lipinski definition) is 0. The van der Waals surface area contributed by atoms with Crippen LogP contribution in [0.3, 0.4) is 0 Å². The number of allylic oxidation sites excluding steroid dienone is 2. The van der Waals surface area contributed by atoms with Gasteiger partial charge in [0, 0.05) is 11.8 Å². The lowest BCUT2D eigenvalue weighted by atomic mass is 9.33. The van der Waals surface area contributed by atoms with Crippen molar-refractivity contribution in [2.75, 3.05) is 26.8 Å². The molecule has 5 aliphatic carbocycles. The lowest BCUT2D eigenvalue weighted by Crippen LogP contribution is -2.68. The number of ether oxygens (including phenoxy) is 4. The molecule has 260 valence electrons. The Bertz CT molecular complexity index is 1180. The van der Waals surface area contributed by atoms with Crippen molar-refractivity contribution >= 4 is 11.8 Å². The zero-order valence-electron chi connectivity index (χ0n) is 30.2. The Morgan fingerprint density at radius 1 is 0.935 bits per heavy atom. The van der Waals surface area contributed by atoms with Gasteiger partial charge in [0.25, 0.3) is 0 Å². The molecule has 1 aliphatic heterocycles. The van der Waals surface area contributed by atoms with Gasteiger partial charge in [-0.3, -0.25) is 9.59 Å². The van der Waals surface area contributed by atoms with Crippen LogP contribution in [0.5, 0.6) is 0 Å². The van der Waals surface area contributed by atoms with E-state index in [0.29, 0.717) is 43.3 Å². The van der Waals surface area contributed by atoms with E-state index in [4.69, 9.17) is 18.9 Å². The summed E-state index contributed by atoms with van der Waals surface area (Å²) >= 11 is 0. The van der Waals surface area contributed by atoms with E-state index in [0.717, 1.165) is 51.4 Å². The molecular weight excluding hydrogens is 576 g/mol. The van der Waals surface area contributed by atoms with Gasteiger partial charge in [0.15, 0.2) is 12.6 Å². The number of hydrogen-bond acceptors (Lipinski definition) is 6. The summed E-state index contributed by atoms with van der Waals surface area (Å²) in [6.45, 7) is 18.4. The normalized spacial score (nSPS) is 46.6. The molecule has 11 atom stereocenters. The van der Waals surface area contributed by atoms with Crippen LogP contribution in [0.1, 0.15) is 138 Å². The number of rotatable bonds is 10. The highest BCUT2D eigenvalue weighted by molar-refractivity contribution is 5.86. The molecule has 5 fully saturated rings. The fourth-order valence-electron chi connectivity index (χ4n) is 12.7. The molecule has 6 rings (SSSR count). The smallest absolute Gasteiger partial charge is 0.314 e. The van der Waals surface area contributed by atoms with E-state index in [1.807, 2.05) is 0 Å². The average molecular weight is 641 g/mol. The number of Topliss-reactive ketones (excluding diaryl/α,β-unsaturated/α-hetero) is 1. The van der Waals surface area contributed by atoms with Crippen LogP contribution in [0.2, 0.25) is 0 Å². The van der Waals surface area contributed by atoms with Crippen molar-refractivity contribution in [1.29, 1.82) is 0 Å². The first-order valence-corrected chi connectivity index (χ1v) is 19.1. The summed E-state index contributed by atoms with van der Waals surface area (Å²) in [6, 6.07) is 0. The lowest BCUT2D eigenvalue weighted by Gasteiger charge is -2.71. The monoisotopic (exact) mass is 640 g/mol. The summed E-state index contributed by atoms with van der Waals surface area (Å²) in [5.74, 6) is 2.21. The number of ketones is 1. The molecule has 0 radical (unpaired) electrons. The molecular formula is C40H64O6. The Kier molecular flexibility index (Phi) is 9.71. The third-order valence-corrected chi connectivity index (χ3v) is 15.6. The van der Waals surface area contributed by atoms with E-state index in [1.54, 1.807) is 0 Å². The number of unbranched alkanes of at least 4 members (excludes halogenated alkanes) is 5. The fourth-order valence-corrected chi connectivity index (χ4v) is 12.7. The molecule has 6 aliphatic rings. The van der Waals surface area contributed by atoms with Crippen LogP contribution < -0.4 is 0 Å². The van der Waals surface area contributed by atoms with Crippen molar-refractivity contribution in [3.63, 3.8) is 0 Å². The van der Waals surface area contributed by atoms with Crippen LogP contribution in [0.15, 0.2) is 11.6 Å². The van der Waals surface area contributed by atoms with Gasteiger partial charge in [-0.05, 0) is 97.2 Å². The quantitative estimate of drug-likeness (QED) is 0.103. The Hall–Kier alpha value is -1.24. The molecule has 6 nitrogen and oxygen atoms in total. The van der Waals surface area contributed by atoms with Gasteiger partial charge in [-0.25, -0.2) is 0 Å². The highest BCUT2D eigenvalue weighted by Crippen LogP contribution is 2.75. The van der Waals surface area contributed by atoms with Gasteiger partial charge in [-0.2, -0.15) is 0 Å². The van der Waals surface area contributed by atoms with Gasteiger partial charge in [0.1, 0.15) is 12.9 Å². The van der Waals surface area contributed by atoms with Gasteiger partial charge in [0.2, 0.25) is 0 Å². The molecule has 0 spiro atoms. The molecule has 3 unspecified atom stereocenters. The number of carbonyl (C=O) groups is 2. The summed E-state index contributed by atoms with van der Waals surface area (Å²) in [6.07, 6.45) is 17.2. The second-order valence-corrected chi connectivity index (χ2v) is 17.7. The molecule has 46 heavy (non-hydrogen) atoms. The maximum absolute atomic E-state index is 14.2. The lowest BCUT2D eigenvalue weighted by molar-refractivity contribution is -0.266. The Morgan fingerprint density at radius 2 is 1.70 bits per heavy atom. The Labute approximate surface area is 279 Å². The first-order valence-electron chi connectivity index (χ1n) is 19.1. The standard InChI is InChI=1S/C40H64O6/c1-8-9-10-11-12-13-22-43-25-46-35(42)40-19-16-27(2)28(3)33(40)29-14-15-32-36(4)23-30(41)34-37(5,24-44-26-45-34)31(36)17-18-39(32,7)38(29,6)20-21-40/h14,27-28,31-34H,8-13,15-26H2,1-7H3/t27-,28+,31?,32?,33?,34+,36+,37+,38-,39-,40+/m1/s1. The van der Waals surface area contributed by atoms with Crippen molar-refractivity contribution in [3.05, 3.63) is 11.6 Å². The van der Waals surface area contributed by atoms with Crippen LogP contribution in [-0.4, -0.2) is 44.7 Å². The minimum Gasteiger partial charge on any atom is -0.438 e. The zero-order chi connectivity index (χ0) is 33.0. The van der Waals surface area contributed by atoms with Crippen LogP contribution in [0.4, 0.5) is 0 Å². The second-order valence-electron chi connectivity index (χ2n) is 17.7. The number of carbonyl (C=O) groups excluding carboxylic acids is 2. The van der Waals surface area contributed by atoms with E-state index < -0.39 is 5.41 Å². The van der Waals surface area contributed by atoms with Crippen LogP contribution in [0.25, 0.3) is 0 Å². The second kappa shape index (κ2) is 12.9. The number of fused-ring (bicyclic) bond motifs is 9. The van der Waals surface area contributed by atoms with Crippen LogP contribution >= 0.6 is 0 Å². The summed E-state index contributed by atoms with van der Waals surface area (Å²) in [4.78, 5) is 28.0. The molecule has 6 heteroatoms. The average Bonchev–Trinajstić information content (AvgIpc) is 3.02. The topological polar surface area (TPSA) is 71.1 Å². The van der Waals surface area contributed by atoms with E-state index >= 15 is 0 Å². The van der Waals surface area contributed by atoms with Gasteiger partial charge in [-0.15, -0.1) is 0 Å². The van der Waals surface area contributed by atoms with Crippen LogP contribution in [0, 0.1) is 56.7 Å². The van der Waals surface area contributed by atoms with Crippen molar-refractivity contribution in [3.8, 4) is 0 Å². The molecule has 0 aromatic heterocycles. The van der Waals surface area contributed by atoms with E-state index in [1.165, 1.54) is 37.7 Å². The highest BCUT2D eigenvalue weighted by atomic mass is 16.7. The van der Waals surface area contributed by atoms with Gasteiger partial charge >= 0.3 is 5.97 Å². The molecule has 0 N–H and O–H groups in total. The van der Waals surface area contributed by atoms with Crippen molar-refractivity contribution in [2.24, 2.45) is 56.7 Å². The van der Waals surface area contributed by atoms with Crippen molar-refractivity contribution in [2.45, 2.75) is 144 Å². The van der Waals surface area contributed by atoms with Gasteiger partial charge < -0.3 is 18.9 Å². The molecule has 0 aromatic carbocycles. The fraction of sp³-hybridized carbons (Fsp3) is 0.900. The van der Waals surface area contributed by atoms with Crippen molar-refractivity contribution in [1.82, 2.24) is 0 Å². The molecule has 1 heterocycles. The van der Waals surface area contributed by atoms with E-state index in [9.17, 15) is 9.59 Å². The first kappa shape index (κ1) is 34.6. The highest BCUT2D eigenvalue weighted by Gasteiger charge is 2.71. The largest absolute Gasteiger partial charge is 0.438 e. The summed E-state index contributed by atoms with van der Waals surface area (Å²) in [7, 11) is 0. The maximum atomic E-state index is 14.2. The third-order valence-electron chi connectivity index (χ3n) is 15.6. The zero-order valence-corrected chi connectivity index (χ0v) is 30.2. The molecule has 0 amide bonds. The maximum Gasteiger partial charge on any atom is 0.314 e. The van der Waals surface area contributed by atoms with E-state index in [-0.39, 0.29) is 59.0 Å². The molecule has 1 saturated heterocycles. The van der Waals surface area contributed by atoms with E-state index in [2.05, 4.69) is 54.5 Å². The molecule has 4 saturated carbocycles.